The maximum atomic E-state index is 12.4. The predicted octanol–water partition coefficient (Wildman–Crippen LogP) is 0.530. The lowest BCUT2D eigenvalue weighted by Gasteiger charge is -2.35. The third-order valence-electron chi connectivity index (χ3n) is 3.69. The van der Waals surface area contributed by atoms with Crippen LogP contribution in [0, 0.1) is 0 Å². The molecule has 0 aromatic carbocycles. The first-order valence-corrected chi connectivity index (χ1v) is 9.30. The Morgan fingerprint density at radius 2 is 1.94 bits per heavy atom. The normalized spacial score (nSPS) is 28.4. The van der Waals surface area contributed by atoms with Crippen LogP contribution in [0.5, 0.6) is 0 Å². The van der Waals surface area contributed by atoms with Gasteiger partial charge in [-0.05, 0) is 37.2 Å². The smallest absolute Gasteiger partial charge is 0.279 e. The van der Waals surface area contributed by atoms with Crippen molar-refractivity contribution in [1.29, 1.82) is 0 Å². The summed E-state index contributed by atoms with van der Waals surface area (Å²) in [5.74, 6) is 2.10. The van der Waals surface area contributed by atoms with Crippen molar-refractivity contribution in [3.63, 3.8) is 0 Å². The molecule has 0 amide bonds. The van der Waals surface area contributed by atoms with Gasteiger partial charge in [0.05, 0.1) is 0 Å². The lowest BCUT2D eigenvalue weighted by atomic mass is 10.1. The van der Waals surface area contributed by atoms with Crippen LogP contribution in [0.2, 0.25) is 0 Å². The summed E-state index contributed by atoms with van der Waals surface area (Å²) in [7, 11) is -3.35. The highest BCUT2D eigenvalue weighted by Gasteiger charge is 2.33. The number of hydrogen-bond acceptors (Lipinski definition) is 4. The topological polar surface area (TPSA) is 75.4 Å². The van der Waals surface area contributed by atoms with Crippen LogP contribution in [0.15, 0.2) is 0 Å². The van der Waals surface area contributed by atoms with Gasteiger partial charge in [0.1, 0.15) is 0 Å². The SMILES string of the molecule is NCC1CCCCN1S(=O)(=O)NC1CCSCC1. The minimum atomic E-state index is -3.35. The van der Waals surface area contributed by atoms with Gasteiger partial charge in [-0.15, -0.1) is 0 Å². The molecule has 2 saturated heterocycles. The van der Waals surface area contributed by atoms with E-state index in [1.165, 1.54) is 0 Å². The second-order valence-corrected chi connectivity index (χ2v) is 7.89. The number of piperidine rings is 1. The standard InChI is InChI=1S/C11H23N3O2S2/c12-9-11-3-1-2-6-14(11)18(15,16)13-10-4-7-17-8-5-10/h10-11,13H,1-9,12H2. The molecule has 1 atom stereocenters. The van der Waals surface area contributed by atoms with Gasteiger partial charge in [-0.1, -0.05) is 6.42 Å². The van der Waals surface area contributed by atoms with Crippen molar-refractivity contribution in [3.05, 3.63) is 0 Å². The fourth-order valence-electron chi connectivity index (χ4n) is 2.62. The maximum Gasteiger partial charge on any atom is 0.279 e. The van der Waals surface area contributed by atoms with Crippen LogP contribution in [0.1, 0.15) is 32.1 Å². The molecule has 2 fully saturated rings. The summed E-state index contributed by atoms with van der Waals surface area (Å²) in [6.45, 7) is 1.03. The van der Waals surface area contributed by atoms with E-state index in [9.17, 15) is 8.42 Å². The zero-order valence-corrected chi connectivity index (χ0v) is 12.3. The van der Waals surface area contributed by atoms with Crippen molar-refractivity contribution in [2.75, 3.05) is 24.6 Å². The van der Waals surface area contributed by atoms with Crippen LogP contribution < -0.4 is 10.5 Å². The molecule has 0 bridgehead atoms. The van der Waals surface area contributed by atoms with Crippen LogP contribution in [-0.2, 0) is 10.2 Å². The number of hydrogen-bond donors (Lipinski definition) is 2. The Kier molecular flexibility index (Phi) is 5.32. The van der Waals surface area contributed by atoms with Gasteiger partial charge in [0.15, 0.2) is 0 Å². The number of nitrogens with one attached hydrogen (secondary N) is 1. The van der Waals surface area contributed by atoms with Gasteiger partial charge in [-0.2, -0.15) is 29.2 Å². The lowest BCUT2D eigenvalue weighted by Crippen LogP contribution is -2.54. The molecule has 7 heteroatoms. The Hall–Kier alpha value is 0.180. The van der Waals surface area contributed by atoms with Crippen LogP contribution in [0.4, 0.5) is 0 Å². The van der Waals surface area contributed by atoms with E-state index in [1.807, 2.05) is 11.8 Å². The second-order valence-electron chi connectivity index (χ2n) is 5.01. The molecule has 106 valence electrons. The van der Waals surface area contributed by atoms with Crippen molar-refractivity contribution < 1.29 is 8.42 Å². The molecule has 0 spiro atoms. The quantitative estimate of drug-likeness (QED) is 0.793. The van der Waals surface area contributed by atoms with Crippen LogP contribution in [0.3, 0.4) is 0 Å². The average molecular weight is 293 g/mol. The van der Waals surface area contributed by atoms with E-state index >= 15 is 0 Å². The number of nitrogens with zero attached hydrogens (tertiary/aromatic N) is 1. The van der Waals surface area contributed by atoms with Crippen molar-refractivity contribution in [3.8, 4) is 0 Å². The Balaban J connectivity index is 1.99. The number of rotatable bonds is 4. The molecule has 2 aliphatic heterocycles. The Bertz CT molecular complexity index is 355. The van der Waals surface area contributed by atoms with Crippen molar-refractivity contribution >= 4 is 22.0 Å². The summed E-state index contributed by atoms with van der Waals surface area (Å²) in [6.07, 6.45) is 4.78. The van der Waals surface area contributed by atoms with Gasteiger partial charge in [-0.3, -0.25) is 0 Å². The fraction of sp³-hybridized carbons (Fsp3) is 1.00. The summed E-state index contributed by atoms with van der Waals surface area (Å²) < 4.78 is 29.2. The Morgan fingerprint density at radius 1 is 1.22 bits per heavy atom. The zero-order valence-electron chi connectivity index (χ0n) is 10.7. The molecule has 1 unspecified atom stereocenters. The third kappa shape index (κ3) is 3.60. The summed E-state index contributed by atoms with van der Waals surface area (Å²) in [5.41, 5.74) is 5.69. The summed E-state index contributed by atoms with van der Waals surface area (Å²) in [6, 6.07) is 0.0887. The van der Waals surface area contributed by atoms with Crippen LogP contribution in [0.25, 0.3) is 0 Å². The van der Waals surface area contributed by atoms with E-state index in [4.69, 9.17) is 5.73 Å². The van der Waals surface area contributed by atoms with E-state index in [0.29, 0.717) is 13.1 Å². The molecule has 2 rings (SSSR count). The van der Waals surface area contributed by atoms with Crippen LogP contribution in [-0.4, -0.2) is 49.4 Å². The second kappa shape index (κ2) is 6.56. The predicted molar refractivity (Wildman–Crippen MR) is 75.8 cm³/mol. The highest BCUT2D eigenvalue weighted by Crippen LogP contribution is 2.22. The van der Waals surface area contributed by atoms with E-state index < -0.39 is 10.2 Å². The largest absolute Gasteiger partial charge is 0.329 e. The Labute approximate surface area is 114 Å². The highest BCUT2D eigenvalue weighted by molar-refractivity contribution is 7.99. The van der Waals surface area contributed by atoms with Crippen molar-refractivity contribution in [2.24, 2.45) is 5.73 Å². The van der Waals surface area contributed by atoms with Gasteiger partial charge >= 0.3 is 0 Å². The molecule has 0 saturated carbocycles. The van der Waals surface area contributed by atoms with E-state index in [2.05, 4.69) is 4.72 Å². The first-order chi connectivity index (χ1) is 8.63. The molecule has 5 nitrogen and oxygen atoms in total. The first-order valence-electron chi connectivity index (χ1n) is 6.70. The minimum absolute atomic E-state index is 0.0192. The van der Waals surface area contributed by atoms with E-state index in [0.717, 1.165) is 43.6 Å². The van der Waals surface area contributed by atoms with Gasteiger partial charge in [0.2, 0.25) is 0 Å². The molecule has 0 aliphatic carbocycles. The molecule has 18 heavy (non-hydrogen) atoms. The lowest BCUT2D eigenvalue weighted by molar-refractivity contribution is 0.252. The fourth-order valence-corrected chi connectivity index (χ4v) is 5.47. The van der Waals surface area contributed by atoms with Crippen molar-refractivity contribution in [2.45, 2.75) is 44.2 Å². The molecule has 0 radical (unpaired) electrons. The van der Waals surface area contributed by atoms with E-state index in [-0.39, 0.29) is 12.1 Å². The number of thioether (sulfide) groups is 1. The van der Waals surface area contributed by atoms with Gasteiger partial charge < -0.3 is 5.73 Å². The maximum absolute atomic E-state index is 12.4. The summed E-state index contributed by atoms with van der Waals surface area (Å²) in [5, 5.41) is 0. The number of nitrogens with two attached hydrogens (primary N) is 1. The minimum Gasteiger partial charge on any atom is -0.329 e. The molecular formula is C11H23N3O2S2. The van der Waals surface area contributed by atoms with Gasteiger partial charge in [0.25, 0.3) is 10.2 Å². The molecule has 3 N–H and O–H groups in total. The summed E-state index contributed by atoms with van der Waals surface area (Å²) in [4.78, 5) is 0. The van der Waals surface area contributed by atoms with Gasteiger partial charge in [0, 0.05) is 25.2 Å². The van der Waals surface area contributed by atoms with Crippen LogP contribution >= 0.6 is 11.8 Å². The van der Waals surface area contributed by atoms with E-state index in [1.54, 1.807) is 4.31 Å². The zero-order chi connectivity index (χ0) is 13.0. The van der Waals surface area contributed by atoms with Crippen molar-refractivity contribution in [1.82, 2.24) is 9.03 Å². The molecule has 0 aromatic rings. The first kappa shape index (κ1) is 14.6. The molecule has 2 heterocycles. The molecule has 2 aliphatic rings. The van der Waals surface area contributed by atoms with Gasteiger partial charge in [-0.25, -0.2) is 0 Å². The third-order valence-corrected chi connectivity index (χ3v) is 6.47. The summed E-state index contributed by atoms with van der Waals surface area (Å²) >= 11 is 1.90. The molecule has 0 aromatic heterocycles. The average Bonchev–Trinajstić information content (AvgIpc) is 2.39. The molecular weight excluding hydrogens is 270 g/mol. The Morgan fingerprint density at radius 3 is 2.61 bits per heavy atom. The monoisotopic (exact) mass is 293 g/mol. The highest BCUT2D eigenvalue weighted by atomic mass is 32.2.